The molecule has 0 aliphatic carbocycles. The summed E-state index contributed by atoms with van der Waals surface area (Å²) in [5, 5.41) is 8.57. The van der Waals surface area contributed by atoms with Crippen molar-refractivity contribution >= 4 is 5.97 Å². The lowest BCUT2D eigenvalue weighted by molar-refractivity contribution is -0.137. The van der Waals surface area contributed by atoms with E-state index >= 15 is 0 Å². The number of benzene rings is 1. The van der Waals surface area contributed by atoms with Gasteiger partial charge in [0, 0.05) is 18.2 Å². The number of carbonyl (C=O) groups is 1. The lowest BCUT2D eigenvalue weighted by Crippen LogP contribution is -2.25. The number of hydrogen-bond donors (Lipinski definition) is 1. The average Bonchev–Trinajstić information content (AvgIpc) is 2.25. The summed E-state index contributed by atoms with van der Waals surface area (Å²) in [5.74, 6) is -1.09. The molecule has 1 aromatic carbocycles. The highest BCUT2D eigenvalue weighted by Gasteiger charge is 2.15. The molecule has 4 heteroatoms. The number of aliphatic carboxylic acids is 1. The Balaban J connectivity index is 2.66. The van der Waals surface area contributed by atoms with Crippen LogP contribution in [0.1, 0.15) is 24.9 Å². The molecule has 1 unspecified atom stereocenters. The van der Waals surface area contributed by atoms with Gasteiger partial charge in [0.1, 0.15) is 5.82 Å². The molecule has 1 aromatic rings. The average molecular weight is 225 g/mol. The third-order valence-corrected chi connectivity index (χ3v) is 2.69. The fraction of sp³-hybridized carbons (Fsp3) is 0.417. The van der Waals surface area contributed by atoms with Crippen LogP contribution in [0.5, 0.6) is 0 Å². The fourth-order valence-electron chi connectivity index (χ4n) is 1.52. The Labute approximate surface area is 94.5 Å². The summed E-state index contributed by atoms with van der Waals surface area (Å²) >= 11 is 0. The van der Waals surface area contributed by atoms with Crippen LogP contribution < -0.4 is 0 Å². The first-order valence-electron chi connectivity index (χ1n) is 5.19. The molecular formula is C12H16FNO2. The Kier molecular flexibility index (Phi) is 4.43. The first kappa shape index (κ1) is 12.6. The van der Waals surface area contributed by atoms with E-state index in [0.29, 0.717) is 12.1 Å². The first-order chi connectivity index (χ1) is 7.52. The normalized spacial score (nSPS) is 12.8. The summed E-state index contributed by atoms with van der Waals surface area (Å²) in [6.45, 7) is 2.27. The van der Waals surface area contributed by atoms with Crippen molar-refractivity contribution in [1.82, 2.24) is 4.90 Å². The molecule has 0 amide bonds. The van der Waals surface area contributed by atoms with Gasteiger partial charge >= 0.3 is 5.97 Å². The molecule has 1 rings (SSSR count). The quantitative estimate of drug-likeness (QED) is 0.835. The predicted octanol–water partition coefficient (Wildman–Crippen LogP) is 2.29. The number of rotatable bonds is 5. The number of halogens is 1. The van der Waals surface area contributed by atoms with Crippen LogP contribution in [-0.2, 0) is 4.79 Å². The molecule has 0 fully saturated rings. The molecule has 16 heavy (non-hydrogen) atoms. The molecule has 0 aliphatic heterocycles. The zero-order valence-corrected chi connectivity index (χ0v) is 9.48. The zero-order valence-electron chi connectivity index (χ0n) is 9.48. The summed E-state index contributed by atoms with van der Waals surface area (Å²) in [7, 11) is 1.79. The summed E-state index contributed by atoms with van der Waals surface area (Å²) < 4.78 is 13.5. The Morgan fingerprint density at radius 1 is 1.50 bits per heavy atom. The number of nitrogens with zero attached hydrogens (tertiary/aromatic N) is 1. The maximum Gasteiger partial charge on any atom is 0.304 e. The lowest BCUT2D eigenvalue weighted by atomic mass is 10.1. The molecule has 0 spiro atoms. The van der Waals surface area contributed by atoms with E-state index in [-0.39, 0.29) is 18.3 Å². The Morgan fingerprint density at radius 2 is 2.12 bits per heavy atom. The van der Waals surface area contributed by atoms with E-state index in [1.165, 1.54) is 6.07 Å². The minimum atomic E-state index is -0.840. The van der Waals surface area contributed by atoms with Gasteiger partial charge in [-0.2, -0.15) is 0 Å². The predicted molar refractivity (Wildman–Crippen MR) is 59.7 cm³/mol. The zero-order chi connectivity index (χ0) is 12.1. The smallest absolute Gasteiger partial charge is 0.304 e. The summed E-state index contributed by atoms with van der Waals surface area (Å²) in [4.78, 5) is 12.3. The van der Waals surface area contributed by atoms with Crippen molar-refractivity contribution in [3.8, 4) is 0 Å². The van der Waals surface area contributed by atoms with Crippen LogP contribution in [-0.4, -0.2) is 29.6 Å². The van der Waals surface area contributed by atoms with Gasteiger partial charge in [-0.25, -0.2) is 4.39 Å². The standard InChI is InChI=1S/C12H16FNO2/c1-9(14(2)8-7-12(15)16)10-5-3-4-6-11(10)13/h3-6,9H,7-8H2,1-2H3,(H,15,16). The van der Waals surface area contributed by atoms with Crippen LogP contribution >= 0.6 is 0 Å². The van der Waals surface area contributed by atoms with Gasteiger partial charge < -0.3 is 5.11 Å². The maximum atomic E-state index is 13.5. The van der Waals surface area contributed by atoms with Gasteiger partial charge in [-0.1, -0.05) is 18.2 Å². The number of carboxylic acid groups (broad SMARTS) is 1. The highest BCUT2D eigenvalue weighted by Crippen LogP contribution is 2.21. The minimum Gasteiger partial charge on any atom is -0.481 e. The van der Waals surface area contributed by atoms with E-state index < -0.39 is 5.97 Å². The molecule has 0 saturated heterocycles. The van der Waals surface area contributed by atoms with Gasteiger partial charge in [-0.3, -0.25) is 9.69 Å². The molecule has 3 nitrogen and oxygen atoms in total. The van der Waals surface area contributed by atoms with Crippen molar-refractivity contribution < 1.29 is 14.3 Å². The van der Waals surface area contributed by atoms with Crippen LogP contribution in [0.3, 0.4) is 0 Å². The van der Waals surface area contributed by atoms with E-state index in [1.807, 2.05) is 11.8 Å². The van der Waals surface area contributed by atoms with E-state index in [2.05, 4.69) is 0 Å². The van der Waals surface area contributed by atoms with E-state index in [0.717, 1.165) is 0 Å². The van der Waals surface area contributed by atoms with Crippen molar-refractivity contribution in [3.05, 3.63) is 35.6 Å². The molecule has 0 heterocycles. The Bertz CT molecular complexity index is 368. The van der Waals surface area contributed by atoms with Crippen molar-refractivity contribution in [2.24, 2.45) is 0 Å². The second kappa shape index (κ2) is 5.61. The molecule has 88 valence electrons. The lowest BCUT2D eigenvalue weighted by Gasteiger charge is -2.24. The van der Waals surface area contributed by atoms with Crippen LogP contribution in [0.2, 0.25) is 0 Å². The topological polar surface area (TPSA) is 40.5 Å². The van der Waals surface area contributed by atoms with Gasteiger partial charge in [-0.15, -0.1) is 0 Å². The molecule has 0 saturated carbocycles. The van der Waals surface area contributed by atoms with E-state index in [9.17, 15) is 9.18 Å². The molecule has 0 aromatic heterocycles. The monoisotopic (exact) mass is 225 g/mol. The Morgan fingerprint density at radius 3 is 2.69 bits per heavy atom. The molecule has 0 bridgehead atoms. The fourth-order valence-corrected chi connectivity index (χ4v) is 1.52. The van der Waals surface area contributed by atoms with E-state index in [1.54, 1.807) is 25.2 Å². The van der Waals surface area contributed by atoms with Crippen molar-refractivity contribution in [2.75, 3.05) is 13.6 Å². The van der Waals surface area contributed by atoms with Gasteiger partial charge in [0.15, 0.2) is 0 Å². The second-order valence-electron chi connectivity index (χ2n) is 3.82. The van der Waals surface area contributed by atoms with Crippen LogP contribution in [0.25, 0.3) is 0 Å². The second-order valence-corrected chi connectivity index (χ2v) is 3.82. The van der Waals surface area contributed by atoms with E-state index in [4.69, 9.17) is 5.11 Å². The van der Waals surface area contributed by atoms with Gasteiger partial charge in [0.05, 0.1) is 6.42 Å². The summed E-state index contributed by atoms with van der Waals surface area (Å²) in [6.07, 6.45) is 0.0648. The summed E-state index contributed by atoms with van der Waals surface area (Å²) in [6, 6.07) is 6.43. The summed E-state index contributed by atoms with van der Waals surface area (Å²) in [5.41, 5.74) is 0.593. The highest BCUT2D eigenvalue weighted by molar-refractivity contribution is 5.66. The van der Waals surface area contributed by atoms with Gasteiger partial charge in [0.25, 0.3) is 0 Å². The van der Waals surface area contributed by atoms with Crippen molar-refractivity contribution in [3.63, 3.8) is 0 Å². The number of carboxylic acids is 1. The van der Waals surface area contributed by atoms with Crippen molar-refractivity contribution in [2.45, 2.75) is 19.4 Å². The molecule has 1 atom stereocenters. The highest BCUT2D eigenvalue weighted by atomic mass is 19.1. The largest absolute Gasteiger partial charge is 0.481 e. The molecule has 0 aliphatic rings. The molecule has 0 radical (unpaired) electrons. The Hall–Kier alpha value is -1.42. The third kappa shape index (κ3) is 3.31. The van der Waals surface area contributed by atoms with Crippen LogP contribution in [0.15, 0.2) is 24.3 Å². The first-order valence-corrected chi connectivity index (χ1v) is 5.19. The van der Waals surface area contributed by atoms with Crippen LogP contribution in [0.4, 0.5) is 4.39 Å². The van der Waals surface area contributed by atoms with Crippen LogP contribution in [0, 0.1) is 5.82 Å². The molecular weight excluding hydrogens is 209 g/mol. The maximum absolute atomic E-state index is 13.5. The van der Waals surface area contributed by atoms with Crippen molar-refractivity contribution in [1.29, 1.82) is 0 Å². The SMILES string of the molecule is CC(c1ccccc1F)N(C)CCC(=O)O. The molecule has 1 N–H and O–H groups in total. The minimum absolute atomic E-state index is 0.0648. The van der Waals surface area contributed by atoms with Gasteiger partial charge in [0.2, 0.25) is 0 Å². The number of hydrogen-bond acceptors (Lipinski definition) is 2. The van der Waals surface area contributed by atoms with Gasteiger partial charge in [-0.05, 0) is 20.0 Å². The third-order valence-electron chi connectivity index (χ3n) is 2.69.